The molecule has 1 aliphatic carbocycles. The summed E-state index contributed by atoms with van der Waals surface area (Å²) in [5.41, 5.74) is 5.51. The number of nitrogens with one attached hydrogen (secondary N) is 1. The van der Waals surface area contributed by atoms with Gasteiger partial charge in [0.05, 0.1) is 18.1 Å². The lowest BCUT2D eigenvalue weighted by atomic mass is 9.71. The number of methoxy groups -OCH3 is 1. The first-order chi connectivity index (χ1) is 19.1. The minimum absolute atomic E-state index is 0.0233. The molecule has 0 saturated heterocycles. The average molecular weight is 524 g/mol. The Morgan fingerprint density at radius 3 is 2.33 bits per heavy atom. The molecule has 0 spiro atoms. The fourth-order valence-electron chi connectivity index (χ4n) is 5.46. The number of ketones is 1. The SMILES string of the molecule is COCCOC(=O)C1=C(C)NC2=C(C(=O)C[C@H](c3ccccc3)C2)[C@H]1c1ccccc1OCc1ccccc1. The lowest BCUT2D eigenvalue weighted by Crippen LogP contribution is -2.36. The van der Waals surface area contributed by atoms with E-state index in [0.717, 1.165) is 22.4 Å². The van der Waals surface area contributed by atoms with Crippen LogP contribution in [0.15, 0.2) is 107 Å². The zero-order chi connectivity index (χ0) is 27.2. The van der Waals surface area contributed by atoms with Gasteiger partial charge in [-0.3, -0.25) is 4.79 Å². The molecule has 1 heterocycles. The van der Waals surface area contributed by atoms with Crippen LogP contribution in [-0.2, 0) is 25.7 Å². The van der Waals surface area contributed by atoms with Crippen molar-refractivity contribution in [3.63, 3.8) is 0 Å². The van der Waals surface area contributed by atoms with Crippen molar-refractivity contribution >= 4 is 11.8 Å². The Morgan fingerprint density at radius 2 is 1.59 bits per heavy atom. The third kappa shape index (κ3) is 5.81. The van der Waals surface area contributed by atoms with Gasteiger partial charge in [0, 0.05) is 36.1 Å². The molecule has 0 saturated carbocycles. The molecule has 0 unspecified atom stereocenters. The van der Waals surface area contributed by atoms with Crippen LogP contribution in [-0.4, -0.2) is 32.1 Å². The topological polar surface area (TPSA) is 73.9 Å². The summed E-state index contributed by atoms with van der Waals surface area (Å²) in [5, 5.41) is 3.41. The number of rotatable bonds is 9. The lowest BCUT2D eigenvalue weighted by Gasteiger charge is -2.37. The Morgan fingerprint density at radius 1 is 0.897 bits per heavy atom. The van der Waals surface area contributed by atoms with Crippen molar-refractivity contribution in [3.05, 3.63) is 124 Å². The van der Waals surface area contributed by atoms with Crippen LogP contribution in [0.3, 0.4) is 0 Å². The molecule has 0 radical (unpaired) electrons. The molecular formula is C33H33NO5. The second-order valence-electron chi connectivity index (χ2n) is 9.87. The summed E-state index contributed by atoms with van der Waals surface area (Å²) < 4.78 is 17.0. The van der Waals surface area contributed by atoms with E-state index >= 15 is 0 Å². The average Bonchev–Trinajstić information content (AvgIpc) is 2.96. The van der Waals surface area contributed by atoms with E-state index in [1.165, 1.54) is 0 Å². The summed E-state index contributed by atoms with van der Waals surface area (Å²) in [6.07, 6.45) is 1.05. The van der Waals surface area contributed by atoms with Gasteiger partial charge in [0.25, 0.3) is 0 Å². The molecule has 6 heteroatoms. The highest BCUT2D eigenvalue weighted by Crippen LogP contribution is 2.47. The van der Waals surface area contributed by atoms with Crippen LogP contribution < -0.4 is 10.1 Å². The quantitative estimate of drug-likeness (QED) is 0.282. The van der Waals surface area contributed by atoms with Gasteiger partial charge in [-0.25, -0.2) is 4.79 Å². The third-order valence-electron chi connectivity index (χ3n) is 7.31. The van der Waals surface area contributed by atoms with E-state index in [0.29, 0.717) is 48.6 Å². The van der Waals surface area contributed by atoms with Crippen LogP contribution >= 0.6 is 0 Å². The van der Waals surface area contributed by atoms with Crippen molar-refractivity contribution in [2.75, 3.05) is 20.3 Å². The van der Waals surface area contributed by atoms with Crippen LogP contribution in [0.4, 0.5) is 0 Å². The van der Waals surface area contributed by atoms with Crippen molar-refractivity contribution in [2.45, 2.75) is 38.2 Å². The highest BCUT2D eigenvalue weighted by atomic mass is 16.6. The van der Waals surface area contributed by atoms with Gasteiger partial charge in [-0.15, -0.1) is 0 Å². The fraction of sp³-hybridized carbons (Fsp3) is 0.273. The molecular weight excluding hydrogens is 490 g/mol. The summed E-state index contributed by atoms with van der Waals surface area (Å²) in [6, 6.07) is 27.7. The maximum Gasteiger partial charge on any atom is 0.336 e. The monoisotopic (exact) mass is 523 g/mol. The molecule has 2 aliphatic rings. The van der Waals surface area contributed by atoms with Crippen molar-refractivity contribution in [1.29, 1.82) is 0 Å². The second-order valence-corrected chi connectivity index (χ2v) is 9.87. The number of hydrogen-bond acceptors (Lipinski definition) is 6. The first-order valence-corrected chi connectivity index (χ1v) is 13.3. The van der Waals surface area contributed by atoms with Gasteiger partial charge in [-0.2, -0.15) is 0 Å². The van der Waals surface area contributed by atoms with E-state index in [-0.39, 0.29) is 18.3 Å². The summed E-state index contributed by atoms with van der Waals surface area (Å²) in [7, 11) is 1.56. The van der Waals surface area contributed by atoms with Gasteiger partial charge in [0.15, 0.2) is 5.78 Å². The largest absolute Gasteiger partial charge is 0.489 e. The standard InChI is InChI=1S/C33H33NO5/c1-22-30(33(36)38-18-17-37-2)31(26-15-9-10-16-29(26)39-21-23-11-5-3-6-12-23)32-27(34-22)19-25(20-28(32)35)24-13-7-4-8-14-24/h3-16,25,31,34H,17-21H2,1-2H3/t25-,31+/m1/s1. The molecule has 3 aromatic rings. The summed E-state index contributed by atoms with van der Waals surface area (Å²) in [6.45, 7) is 2.66. The summed E-state index contributed by atoms with van der Waals surface area (Å²) in [4.78, 5) is 27.4. The molecule has 5 rings (SSSR count). The van der Waals surface area contributed by atoms with Gasteiger partial charge >= 0.3 is 5.97 Å². The van der Waals surface area contributed by atoms with Gasteiger partial charge < -0.3 is 19.5 Å². The van der Waals surface area contributed by atoms with E-state index < -0.39 is 11.9 Å². The predicted octanol–water partition coefficient (Wildman–Crippen LogP) is 5.82. The highest BCUT2D eigenvalue weighted by molar-refractivity contribution is 6.04. The van der Waals surface area contributed by atoms with Gasteiger partial charge in [0.2, 0.25) is 0 Å². The number of Topliss-reactive ketones (excluding diaryl/α,β-unsaturated/α-hetero) is 1. The molecule has 39 heavy (non-hydrogen) atoms. The number of esters is 1. The third-order valence-corrected chi connectivity index (χ3v) is 7.31. The zero-order valence-electron chi connectivity index (χ0n) is 22.3. The minimum atomic E-state index is -0.604. The number of para-hydroxylation sites is 1. The second kappa shape index (κ2) is 12.1. The lowest BCUT2D eigenvalue weighted by molar-refractivity contribution is -0.140. The number of allylic oxidation sites excluding steroid dienone is 3. The molecule has 0 aromatic heterocycles. The van der Waals surface area contributed by atoms with Crippen LogP contribution in [0, 0.1) is 0 Å². The van der Waals surface area contributed by atoms with E-state index in [9.17, 15) is 9.59 Å². The molecule has 0 fully saturated rings. The highest BCUT2D eigenvalue weighted by Gasteiger charge is 2.42. The summed E-state index contributed by atoms with van der Waals surface area (Å²) >= 11 is 0. The molecule has 1 N–H and O–H groups in total. The molecule has 200 valence electrons. The zero-order valence-corrected chi connectivity index (χ0v) is 22.3. The van der Waals surface area contributed by atoms with Gasteiger partial charge in [-0.05, 0) is 36.5 Å². The van der Waals surface area contributed by atoms with E-state index in [1.807, 2.05) is 79.7 Å². The van der Waals surface area contributed by atoms with E-state index in [2.05, 4.69) is 17.4 Å². The van der Waals surface area contributed by atoms with Crippen molar-refractivity contribution in [1.82, 2.24) is 5.32 Å². The number of benzene rings is 3. The molecule has 1 aliphatic heterocycles. The van der Waals surface area contributed by atoms with Crippen LogP contribution in [0.5, 0.6) is 5.75 Å². The Hall–Kier alpha value is -4.16. The first-order valence-electron chi connectivity index (χ1n) is 13.3. The summed E-state index contributed by atoms with van der Waals surface area (Å²) in [5.74, 6) is -0.349. The number of ether oxygens (including phenoxy) is 3. The van der Waals surface area contributed by atoms with Gasteiger partial charge in [0.1, 0.15) is 19.0 Å². The molecule has 2 atom stereocenters. The molecule has 0 amide bonds. The molecule has 0 bridgehead atoms. The van der Waals surface area contributed by atoms with Crippen molar-refractivity contribution < 1.29 is 23.8 Å². The Labute approximate surface area is 229 Å². The predicted molar refractivity (Wildman–Crippen MR) is 149 cm³/mol. The van der Waals surface area contributed by atoms with Crippen LogP contribution in [0.2, 0.25) is 0 Å². The van der Waals surface area contributed by atoms with Crippen molar-refractivity contribution in [3.8, 4) is 5.75 Å². The van der Waals surface area contributed by atoms with E-state index in [1.54, 1.807) is 7.11 Å². The molecule has 6 nitrogen and oxygen atoms in total. The van der Waals surface area contributed by atoms with Crippen molar-refractivity contribution in [2.24, 2.45) is 0 Å². The normalized spacial score (nSPS) is 18.9. The van der Waals surface area contributed by atoms with E-state index in [4.69, 9.17) is 14.2 Å². The maximum atomic E-state index is 13.9. The first kappa shape index (κ1) is 26.4. The Balaban J connectivity index is 1.55. The smallest absolute Gasteiger partial charge is 0.336 e. The maximum absolute atomic E-state index is 13.9. The Bertz CT molecular complexity index is 1390. The van der Waals surface area contributed by atoms with Gasteiger partial charge in [-0.1, -0.05) is 78.9 Å². The molecule has 3 aromatic carbocycles. The number of hydrogen-bond donors (Lipinski definition) is 1. The number of carbonyl (C=O) groups is 2. The Kier molecular flexibility index (Phi) is 8.23. The van der Waals surface area contributed by atoms with Crippen LogP contribution in [0.1, 0.15) is 48.3 Å². The minimum Gasteiger partial charge on any atom is -0.489 e. The van der Waals surface area contributed by atoms with Crippen LogP contribution in [0.25, 0.3) is 0 Å². The number of dihydropyridines is 1. The number of carbonyl (C=O) groups excluding carboxylic acids is 2. The fourth-order valence-corrected chi connectivity index (χ4v) is 5.46.